The van der Waals surface area contributed by atoms with Crippen LogP contribution in [0.2, 0.25) is 0 Å². The molecule has 4 aromatic rings. The van der Waals surface area contributed by atoms with Crippen LogP contribution in [0.3, 0.4) is 0 Å². The van der Waals surface area contributed by atoms with Gasteiger partial charge in [0.25, 0.3) is 5.91 Å². The van der Waals surface area contributed by atoms with E-state index >= 15 is 0 Å². The van der Waals surface area contributed by atoms with Gasteiger partial charge in [0.1, 0.15) is 17.3 Å². The van der Waals surface area contributed by atoms with E-state index in [0.717, 1.165) is 36.6 Å². The third-order valence-corrected chi connectivity index (χ3v) is 7.00. The van der Waals surface area contributed by atoms with Crippen LogP contribution in [-0.2, 0) is 13.0 Å². The molecular weight excluding hydrogens is 508 g/mol. The maximum Gasteiger partial charge on any atom is 0.272 e. The number of phenolic OH excluding ortho intramolecular Hbond substituents is 1. The lowest BCUT2D eigenvalue weighted by Gasteiger charge is -2.36. The standard InChI is InChI=1S/C28H28N10O2/c29-27-23(18-21(33-34-27)20-6-1-2-7-24(20)39)36-13-15-37(16-14-36)26-9-11-30-25(32-26)8-3-10-31-28(40)22-17-19-5-4-12-38(19)35-22/h1-2,6-7,9,11,17-18,39H,4-5,10,12-16H2,(H2,29,34)(H,31,40). The Labute approximate surface area is 230 Å². The van der Waals surface area contributed by atoms with Crippen LogP contribution < -0.4 is 20.9 Å². The van der Waals surface area contributed by atoms with Crippen LogP contribution in [0.1, 0.15) is 28.4 Å². The van der Waals surface area contributed by atoms with Crippen LogP contribution >= 0.6 is 0 Å². The van der Waals surface area contributed by atoms with Gasteiger partial charge in [-0.2, -0.15) is 5.10 Å². The van der Waals surface area contributed by atoms with Crippen molar-refractivity contribution < 1.29 is 9.90 Å². The van der Waals surface area contributed by atoms with E-state index in [9.17, 15) is 9.90 Å². The average molecular weight is 537 g/mol. The predicted octanol–water partition coefficient (Wildman–Crippen LogP) is 1.47. The second-order valence-electron chi connectivity index (χ2n) is 9.56. The third-order valence-electron chi connectivity index (χ3n) is 7.00. The normalized spacial score (nSPS) is 14.4. The minimum Gasteiger partial charge on any atom is -0.507 e. The first-order chi connectivity index (χ1) is 19.5. The Balaban J connectivity index is 1.06. The maximum atomic E-state index is 12.4. The van der Waals surface area contributed by atoms with E-state index in [1.807, 2.05) is 28.9 Å². The van der Waals surface area contributed by atoms with Crippen molar-refractivity contribution in [3.05, 3.63) is 65.9 Å². The fraction of sp³-hybridized carbons (Fsp3) is 0.286. The highest BCUT2D eigenvalue weighted by molar-refractivity contribution is 5.92. The summed E-state index contributed by atoms with van der Waals surface area (Å²) in [5.41, 5.74) is 9.64. The molecule has 12 nitrogen and oxygen atoms in total. The summed E-state index contributed by atoms with van der Waals surface area (Å²) in [6.07, 6.45) is 3.72. The lowest BCUT2D eigenvalue weighted by atomic mass is 10.1. The van der Waals surface area contributed by atoms with E-state index in [2.05, 4.69) is 52.2 Å². The largest absolute Gasteiger partial charge is 0.507 e. The van der Waals surface area contributed by atoms with Crippen LogP contribution in [0.4, 0.5) is 17.3 Å². The lowest BCUT2D eigenvalue weighted by Crippen LogP contribution is -2.47. The summed E-state index contributed by atoms with van der Waals surface area (Å²) in [6, 6.07) is 12.6. The number of aryl methyl sites for hydroxylation is 2. The number of aromatic hydroxyl groups is 1. The highest BCUT2D eigenvalue weighted by Gasteiger charge is 2.22. The van der Waals surface area contributed by atoms with Gasteiger partial charge in [0.2, 0.25) is 5.82 Å². The highest BCUT2D eigenvalue weighted by Crippen LogP contribution is 2.31. The summed E-state index contributed by atoms with van der Waals surface area (Å²) in [5.74, 6) is 7.29. The van der Waals surface area contributed by atoms with E-state index in [4.69, 9.17) is 5.73 Å². The minimum atomic E-state index is -0.235. The van der Waals surface area contributed by atoms with Gasteiger partial charge in [-0.15, -0.1) is 10.2 Å². The fourth-order valence-electron chi connectivity index (χ4n) is 4.94. The van der Waals surface area contributed by atoms with E-state index in [1.165, 1.54) is 0 Å². The molecule has 40 heavy (non-hydrogen) atoms. The van der Waals surface area contributed by atoms with Gasteiger partial charge in [-0.25, -0.2) is 9.97 Å². The molecule has 0 saturated carbocycles. The number of anilines is 3. The number of hydrogen-bond acceptors (Lipinski definition) is 10. The molecule has 1 amide bonds. The topological polar surface area (TPSA) is 151 Å². The number of benzene rings is 1. The van der Waals surface area contributed by atoms with Crippen molar-refractivity contribution in [2.24, 2.45) is 0 Å². The van der Waals surface area contributed by atoms with Crippen molar-refractivity contribution in [1.29, 1.82) is 0 Å². The number of nitrogens with two attached hydrogens (primary N) is 1. The van der Waals surface area contributed by atoms with Crippen LogP contribution in [0.5, 0.6) is 5.75 Å². The fourth-order valence-corrected chi connectivity index (χ4v) is 4.94. The zero-order chi connectivity index (χ0) is 27.5. The number of aromatic nitrogens is 6. The third kappa shape index (κ3) is 5.22. The van der Waals surface area contributed by atoms with Crippen molar-refractivity contribution in [3.8, 4) is 28.8 Å². The molecule has 0 unspecified atom stereocenters. The summed E-state index contributed by atoms with van der Waals surface area (Å²) < 4.78 is 1.89. The number of phenols is 1. The van der Waals surface area contributed by atoms with E-state index in [0.29, 0.717) is 54.8 Å². The molecule has 6 rings (SSSR count). The Morgan fingerprint density at radius 2 is 1.88 bits per heavy atom. The predicted molar refractivity (Wildman–Crippen MR) is 150 cm³/mol. The Bertz CT molecular complexity index is 1590. The summed E-state index contributed by atoms with van der Waals surface area (Å²) in [7, 11) is 0. The first-order valence-corrected chi connectivity index (χ1v) is 13.1. The highest BCUT2D eigenvalue weighted by atomic mass is 16.3. The molecule has 0 atom stereocenters. The number of nitrogens with zero attached hydrogens (tertiary/aromatic N) is 8. The molecule has 0 radical (unpaired) electrons. The number of piperazine rings is 1. The van der Waals surface area contributed by atoms with E-state index in [-0.39, 0.29) is 18.2 Å². The molecule has 3 aromatic heterocycles. The van der Waals surface area contributed by atoms with E-state index < -0.39 is 0 Å². The second-order valence-corrected chi connectivity index (χ2v) is 9.56. The van der Waals surface area contributed by atoms with Crippen molar-refractivity contribution in [3.63, 3.8) is 0 Å². The van der Waals surface area contributed by atoms with Crippen LogP contribution in [0.25, 0.3) is 11.3 Å². The van der Waals surface area contributed by atoms with Gasteiger partial charge in [0.05, 0.1) is 17.9 Å². The number of para-hydroxylation sites is 1. The maximum absolute atomic E-state index is 12.4. The van der Waals surface area contributed by atoms with Gasteiger partial charge >= 0.3 is 0 Å². The number of carbonyl (C=O) groups is 1. The second kappa shape index (κ2) is 10.9. The number of carbonyl (C=O) groups excluding carboxylic acids is 1. The summed E-state index contributed by atoms with van der Waals surface area (Å²) in [5, 5.41) is 25.6. The Hall–Kier alpha value is -5.18. The van der Waals surface area contributed by atoms with Gasteiger partial charge in [-0.1, -0.05) is 18.1 Å². The smallest absolute Gasteiger partial charge is 0.272 e. The zero-order valence-corrected chi connectivity index (χ0v) is 21.8. The molecule has 0 spiro atoms. The number of nitrogens with one attached hydrogen (secondary N) is 1. The SMILES string of the molecule is Nc1nnc(-c2ccccc2O)cc1N1CCN(c2ccnc(C#CCNC(=O)c3cc4n(n3)CCC4)n2)CC1. The summed E-state index contributed by atoms with van der Waals surface area (Å²) in [6.45, 7) is 3.86. The first kappa shape index (κ1) is 25.1. The molecule has 5 heterocycles. The average Bonchev–Trinajstić information content (AvgIpc) is 3.59. The Kier molecular flexibility index (Phi) is 6.84. The Morgan fingerprint density at radius 1 is 1.05 bits per heavy atom. The molecule has 1 saturated heterocycles. The molecule has 2 aliphatic heterocycles. The van der Waals surface area contributed by atoms with Crippen molar-refractivity contribution in [1.82, 2.24) is 35.3 Å². The first-order valence-electron chi connectivity index (χ1n) is 13.1. The molecule has 1 fully saturated rings. The van der Waals surface area contributed by atoms with Crippen LogP contribution in [0.15, 0.2) is 48.7 Å². The van der Waals surface area contributed by atoms with Gasteiger partial charge in [0, 0.05) is 50.2 Å². The molecule has 202 valence electrons. The number of hydrogen-bond donors (Lipinski definition) is 3. The van der Waals surface area contributed by atoms with E-state index in [1.54, 1.807) is 24.4 Å². The molecule has 4 N–H and O–H groups in total. The number of fused-ring (bicyclic) bond motifs is 1. The van der Waals surface area contributed by atoms with Crippen molar-refractivity contribution in [2.45, 2.75) is 19.4 Å². The molecule has 0 bridgehead atoms. The minimum absolute atomic E-state index is 0.142. The quantitative estimate of drug-likeness (QED) is 0.320. The monoisotopic (exact) mass is 536 g/mol. The van der Waals surface area contributed by atoms with Crippen molar-refractivity contribution >= 4 is 23.2 Å². The van der Waals surface area contributed by atoms with Crippen LogP contribution in [-0.4, -0.2) is 73.7 Å². The molecular formula is C28H28N10O2. The molecule has 1 aromatic carbocycles. The number of amides is 1. The summed E-state index contributed by atoms with van der Waals surface area (Å²) in [4.78, 5) is 25.5. The van der Waals surface area contributed by atoms with Crippen LogP contribution in [0, 0.1) is 11.8 Å². The number of nitrogen functional groups attached to an aromatic ring is 1. The summed E-state index contributed by atoms with van der Waals surface area (Å²) >= 11 is 0. The van der Waals surface area contributed by atoms with Gasteiger partial charge in [-0.05, 0) is 49.1 Å². The molecule has 0 aliphatic carbocycles. The molecule has 2 aliphatic rings. The lowest BCUT2D eigenvalue weighted by molar-refractivity contribution is 0.0953. The molecule has 12 heteroatoms. The Morgan fingerprint density at radius 3 is 2.70 bits per heavy atom. The zero-order valence-electron chi connectivity index (χ0n) is 21.8. The number of rotatable bonds is 5. The van der Waals surface area contributed by atoms with Gasteiger partial charge in [-0.3, -0.25) is 9.48 Å². The van der Waals surface area contributed by atoms with Gasteiger partial charge < -0.3 is 26.0 Å². The van der Waals surface area contributed by atoms with Crippen molar-refractivity contribution in [2.75, 3.05) is 48.3 Å². The van der Waals surface area contributed by atoms with Gasteiger partial charge in [0.15, 0.2) is 5.82 Å².